The standard InChI is InChI=1S/C14H17N3O2/c15-8-2-1-3-14(18)17-12-6-4-11(5-7-12)13-9-16-10-19-13/h4-7,9-10H,1-3,8,15H2,(H,17,18). The summed E-state index contributed by atoms with van der Waals surface area (Å²) in [5.74, 6) is 0.724. The number of carbonyl (C=O) groups is 1. The fourth-order valence-electron chi connectivity index (χ4n) is 1.73. The summed E-state index contributed by atoms with van der Waals surface area (Å²) in [5, 5.41) is 2.85. The number of aromatic nitrogens is 1. The van der Waals surface area contributed by atoms with Crippen LogP contribution in [0.4, 0.5) is 5.69 Å². The lowest BCUT2D eigenvalue weighted by Gasteiger charge is -2.05. The number of carbonyl (C=O) groups excluding carboxylic acids is 1. The van der Waals surface area contributed by atoms with E-state index in [-0.39, 0.29) is 5.91 Å². The molecule has 0 radical (unpaired) electrons. The van der Waals surface area contributed by atoms with Crippen molar-refractivity contribution in [2.45, 2.75) is 19.3 Å². The van der Waals surface area contributed by atoms with Gasteiger partial charge in [-0.2, -0.15) is 0 Å². The number of oxazole rings is 1. The van der Waals surface area contributed by atoms with Crippen molar-refractivity contribution in [2.75, 3.05) is 11.9 Å². The second-order valence-electron chi connectivity index (χ2n) is 4.24. The number of anilines is 1. The summed E-state index contributed by atoms with van der Waals surface area (Å²) in [6, 6.07) is 7.46. The van der Waals surface area contributed by atoms with Crippen molar-refractivity contribution in [3.63, 3.8) is 0 Å². The van der Waals surface area contributed by atoms with Gasteiger partial charge in [0.1, 0.15) is 0 Å². The molecule has 5 nitrogen and oxygen atoms in total. The van der Waals surface area contributed by atoms with E-state index in [1.165, 1.54) is 6.39 Å². The van der Waals surface area contributed by atoms with Crippen LogP contribution in [0.3, 0.4) is 0 Å². The lowest BCUT2D eigenvalue weighted by molar-refractivity contribution is -0.116. The van der Waals surface area contributed by atoms with Crippen LogP contribution in [0.1, 0.15) is 19.3 Å². The average molecular weight is 259 g/mol. The molecule has 1 amide bonds. The smallest absolute Gasteiger partial charge is 0.224 e. The molecule has 1 aromatic carbocycles. The summed E-state index contributed by atoms with van der Waals surface area (Å²) in [4.78, 5) is 15.5. The molecule has 100 valence electrons. The van der Waals surface area contributed by atoms with Gasteiger partial charge in [0.25, 0.3) is 0 Å². The second-order valence-corrected chi connectivity index (χ2v) is 4.24. The fraction of sp³-hybridized carbons (Fsp3) is 0.286. The first-order valence-corrected chi connectivity index (χ1v) is 6.28. The molecular formula is C14H17N3O2. The molecule has 0 atom stereocenters. The summed E-state index contributed by atoms with van der Waals surface area (Å²) in [6.07, 6.45) is 5.24. The van der Waals surface area contributed by atoms with E-state index in [4.69, 9.17) is 10.2 Å². The number of hydrogen-bond donors (Lipinski definition) is 2. The van der Waals surface area contributed by atoms with Gasteiger partial charge in [0.05, 0.1) is 6.20 Å². The first kappa shape index (κ1) is 13.3. The van der Waals surface area contributed by atoms with Crippen LogP contribution >= 0.6 is 0 Å². The van der Waals surface area contributed by atoms with Crippen molar-refractivity contribution < 1.29 is 9.21 Å². The molecule has 2 rings (SSSR count). The molecular weight excluding hydrogens is 242 g/mol. The lowest BCUT2D eigenvalue weighted by Crippen LogP contribution is -2.11. The molecule has 1 aromatic heterocycles. The van der Waals surface area contributed by atoms with Crippen molar-refractivity contribution in [3.05, 3.63) is 36.9 Å². The first-order chi connectivity index (χ1) is 9.29. The highest BCUT2D eigenvalue weighted by Crippen LogP contribution is 2.20. The monoisotopic (exact) mass is 259 g/mol. The second kappa shape index (κ2) is 6.70. The van der Waals surface area contributed by atoms with Crippen LogP contribution in [0.25, 0.3) is 11.3 Å². The molecule has 0 fully saturated rings. The normalized spacial score (nSPS) is 10.4. The minimum Gasteiger partial charge on any atom is -0.444 e. The highest BCUT2D eigenvalue weighted by Gasteiger charge is 2.04. The molecule has 19 heavy (non-hydrogen) atoms. The molecule has 0 unspecified atom stereocenters. The average Bonchev–Trinajstić information content (AvgIpc) is 2.94. The molecule has 1 heterocycles. The van der Waals surface area contributed by atoms with Gasteiger partial charge in [-0.3, -0.25) is 4.79 Å². The largest absolute Gasteiger partial charge is 0.444 e. The van der Waals surface area contributed by atoms with Crippen LogP contribution < -0.4 is 11.1 Å². The van der Waals surface area contributed by atoms with E-state index in [2.05, 4.69) is 10.3 Å². The molecule has 2 aromatic rings. The van der Waals surface area contributed by atoms with Crippen LogP contribution in [-0.4, -0.2) is 17.4 Å². The van der Waals surface area contributed by atoms with Crippen LogP contribution in [0.2, 0.25) is 0 Å². The van der Waals surface area contributed by atoms with Gasteiger partial charge in [0, 0.05) is 17.7 Å². The summed E-state index contributed by atoms with van der Waals surface area (Å²) in [6.45, 7) is 0.624. The Kier molecular flexibility index (Phi) is 4.69. The zero-order valence-electron chi connectivity index (χ0n) is 10.6. The van der Waals surface area contributed by atoms with E-state index in [9.17, 15) is 4.79 Å². The van der Waals surface area contributed by atoms with E-state index in [0.717, 1.165) is 24.1 Å². The van der Waals surface area contributed by atoms with Crippen LogP contribution in [0, 0.1) is 0 Å². The van der Waals surface area contributed by atoms with Crippen molar-refractivity contribution in [1.29, 1.82) is 0 Å². The van der Waals surface area contributed by atoms with Crippen molar-refractivity contribution >= 4 is 11.6 Å². The van der Waals surface area contributed by atoms with E-state index in [0.29, 0.717) is 18.7 Å². The van der Waals surface area contributed by atoms with Crippen molar-refractivity contribution in [2.24, 2.45) is 5.73 Å². The Balaban J connectivity index is 1.90. The van der Waals surface area contributed by atoms with E-state index in [1.807, 2.05) is 24.3 Å². The number of hydrogen-bond acceptors (Lipinski definition) is 4. The topological polar surface area (TPSA) is 81.2 Å². The third kappa shape index (κ3) is 3.93. The Morgan fingerprint density at radius 1 is 1.26 bits per heavy atom. The molecule has 0 aliphatic rings. The quantitative estimate of drug-likeness (QED) is 0.780. The van der Waals surface area contributed by atoms with Gasteiger partial charge in [-0.05, 0) is 43.7 Å². The third-order valence-electron chi connectivity index (χ3n) is 2.74. The lowest BCUT2D eigenvalue weighted by atomic mass is 10.1. The summed E-state index contributed by atoms with van der Waals surface area (Å²) >= 11 is 0. The number of nitrogens with two attached hydrogens (primary N) is 1. The molecule has 0 aliphatic heterocycles. The SMILES string of the molecule is NCCCCC(=O)Nc1ccc(-c2cnco2)cc1. The Hall–Kier alpha value is -2.14. The van der Waals surface area contributed by atoms with Gasteiger partial charge in [0.15, 0.2) is 12.2 Å². The van der Waals surface area contributed by atoms with E-state index < -0.39 is 0 Å². The molecule has 0 saturated carbocycles. The Bertz CT molecular complexity index is 506. The highest BCUT2D eigenvalue weighted by atomic mass is 16.3. The predicted molar refractivity (Wildman–Crippen MR) is 73.5 cm³/mol. The fourth-order valence-corrected chi connectivity index (χ4v) is 1.73. The Morgan fingerprint density at radius 2 is 2.05 bits per heavy atom. The molecule has 0 aliphatic carbocycles. The van der Waals surface area contributed by atoms with Crippen LogP contribution in [0.15, 0.2) is 41.3 Å². The number of unbranched alkanes of at least 4 members (excludes halogenated alkanes) is 1. The first-order valence-electron chi connectivity index (χ1n) is 6.28. The number of benzene rings is 1. The predicted octanol–water partition coefficient (Wildman–Crippen LogP) is 2.41. The maximum atomic E-state index is 11.6. The Labute approximate surface area is 111 Å². The minimum absolute atomic E-state index is 0.0147. The molecule has 0 saturated heterocycles. The molecule has 0 bridgehead atoms. The van der Waals surface area contributed by atoms with E-state index >= 15 is 0 Å². The maximum absolute atomic E-state index is 11.6. The number of amides is 1. The zero-order chi connectivity index (χ0) is 13.5. The molecule has 3 N–H and O–H groups in total. The van der Waals surface area contributed by atoms with Gasteiger partial charge in [-0.25, -0.2) is 4.98 Å². The zero-order valence-corrected chi connectivity index (χ0v) is 10.6. The van der Waals surface area contributed by atoms with Gasteiger partial charge in [0.2, 0.25) is 5.91 Å². The Morgan fingerprint density at radius 3 is 2.68 bits per heavy atom. The third-order valence-corrected chi connectivity index (χ3v) is 2.74. The van der Waals surface area contributed by atoms with E-state index in [1.54, 1.807) is 6.20 Å². The number of rotatable bonds is 6. The van der Waals surface area contributed by atoms with Gasteiger partial charge < -0.3 is 15.5 Å². The number of nitrogens with zero attached hydrogens (tertiary/aromatic N) is 1. The highest BCUT2D eigenvalue weighted by molar-refractivity contribution is 5.90. The maximum Gasteiger partial charge on any atom is 0.224 e. The van der Waals surface area contributed by atoms with Gasteiger partial charge >= 0.3 is 0 Å². The van der Waals surface area contributed by atoms with Crippen LogP contribution in [0.5, 0.6) is 0 Å². The summed E-state index contributed by atoms with van der Waals surface area (Å²) in [5.41, 5.74) is 7.09. The number of nitrogens with one attached hydrogen (secondary N) is 1. The molecule has 5 heteroatoms. The van der Waals surface area contributed by atoms with Gasteiger partial charge in [-0.15, -0.1) is 0 Å². The van der Waals surface area contributed by atoms with Crippen LogP contribution in [-0.2, 0) is 4.79 Å². The van der Waals surface area contributed by atoms with Gasteiger partial charge in [-0.1, -0.05) is 0 Å². The summed E-state index contributed by atoms with van der Waals surface area (Å²) < 4.78 is 5.20. The van der Waals surface area contributed by atoms with Crippen molar-refractivity contribution in [1.82, 2.24) is 4.98 Å². The van der Waals surface area contributed by atoms with Crippen molar-refractivity contribution in [3.8, 4) is 11.3 Å². The summed E-state index contributed by atoms with van der Waals surface area (Å²) in [7, 11) is 0. The molecule has 0 spiro atoms. The minimum atomic E-state index is 0.0147.